The molecule has 0 aliphatic carbocycles. The number of rotatable bonds is 6. The number of furan rings is 1. The van der Waals surface area contributed by atoms with Crippen molar-refractivity contribution >= 4 is 28.7 Å². The third-order valence-corrected chi connectivity index (χ3v) is 5.66. The van der Waals surface area contributed by atoms with Crippen molar-refractivity contribution in [3.63, 3.8) is 0 Å². The molecule has 7 heteroatoms. The molecule has 5 rings (SSSR count). The first kappa shape index (κ1) is 18.0. The number of anilines is 1. The number of benzene rings is 1. The van der Waals surface area contributed by atoms with Crippen LogP contribution in [0.2, 0.25) is 0 Å². The molecule has 4 heterocycles. The highest BCUT2D eigenvalue weighted by atomic mass is 16.5. The molecule has 2 aliphatic heterocycles. The van der Waals surface area contributed by atoms with E-state index in [0.717, 1.165) is 33.8 Å². The lowest BCUT2D eigenvalue weighted by Gasteiger charge is -2.29. The van der Waals surface area contributed by atoms with Gasteiger partial charge in [-0.3, -0.25) is 4.98 Å². The number of aliphatic hydroxyl groups excluding tert-OH is 1. The number of hydrogen-bond donors (Lipinski definition) is 1. The van der Waals surface area contributed by atoms with Gasteiger partial charge in [0, 0.05) is 25.2 Å². The van der Waals surface area contributed by atoms with E-state index in [1.807, 2.05) is 36.4 Å². The Balaban J connectivity index is 1.52. The SMILES string of the molecule is COC(CO)CCN1c2cccnc2C2C(c3cc4ccccc4o3)=NC=NC21. The van der Waals surface area contributed by atoms with Gasteiger partial charge in [0.15, 0.2) is 5.76 Å². The Hall–Kier alpha value is -3.03. The largest absolute Gasteiger partial charge is 0.455 e. The molecule has 3 unspecified atom stereocenters. The minimum atomic E-state index is -0.203. The molecule has 1 N–H and O–H groups in total. The molecule has 0 saturated heterocycles. The minimum absolute atomic E-state index is 0.00665. The van der Waals surface area contributed by atoms with Gasteiger partial charge in [0.1, 0.15) is 18.1 Å². The molecular weight excluding hydrogens is 368 g/mol. The van der Waals surface area contributed by atoms with Crippen LogP contribution in [0.1, 0.15) is 23.8 Å². The summed E-state index contributed by atoms with van der Waals surface area (Å²) in [4.78, 5) is 16.2. The van der Waals surface area contributed by atoms with Crippen molar-refractivity contribution in [3.8, 4) is 0 Å². The average molecular weight is 390 g/mol. The van der Waals surface area contributed by atoms with Gasteiger partial charge in [0.25, 0.3) is 0 Å². The van der Waals surface area contributed by atoms with Crippen LogP contribution >= 0.6 is 0 Å². The molecule has 3 aromatic rings. The monoisotopic (exact) mass is 390 g/mol. The zero-order valence-corrected chi connectivity index (χ0v) is 16.1. The first-order valence-corrected chi connectivity index (χ1v) is 9.73. The highest BCUT2D eigenvalue weighted by molar-refractivity contribution is 6.11. The van der Waals surface area contributed by atoms with Crippen molar-refractivity contribution in [1.82, 2.24) is 4.98 Å². The van der Waals surface area contributed by atoms with Gasteiger partial charge in [0.2, 0.25) is 0 Å². The molecule has 0 saturated carbocycles. The number of aromatic nitrogens is 1. The fourth-order valence-electron chi connectivity index (χ4n) is 4.18. The van der Waals surface area contributed by atoms with E-state index in [2.05, 4.69) is 25.9 Å². The highest BCUT2D eigenvalue weighted by Gasteiger charge is 2.44. The van der Waals surface area contributed by atoms with Crippen molar-refractivity contribution in [3.05, 3.63) is 60.1 Å². The number of ether oxygens (including phenoxy) is 1. The highest BCUT2D eigenvalue weighted by Crippen LogP contribution is 2.43. The molecule has 0 spiro atoms. The molecule has 7 nitrogen and oxygen atoms in total. The first-order valence-electron chi connectivity index (χ1n) is 9.73. The van der Waals surface area contributed by atoms with Crippen LogP contribution in [0, 0.1) is 0 Å². The predicted molar refractivity (Wildman–Crippen MR) is 112 cm³/mol. The molecule has 2 aliphatic rings. The van der Waals surface area contributed by atoms with Crippen molar-refractivity contribution in [1.29, 1.82) is 0 Å². The van der Waals surface area contributed by atoms with Crippen molar-refractivity contribution in [2.24, 2.45) is 9.98 Å². The molecular formula is C22H22N4O3. The van der Waals surface area contributed by atoms with Crippen molar-refractivity contribution in [2.45, 2.75) is 24.6 Å². The summed E-state index contributed by atoms with van der Waals surface area (Å²) in [6.45, 7) is 0.691. The summed E-state index contributed by atoms with van der Waals surface area (Å²) in [6, 6.07) is 14.0. The fraction of sp³-hybridized carbons (Fsp3) is 0.318. The Labute approximate surface area is 168 Å². The van der Waals surface area contributed by atoms with E-state index in [1.165, 1.54) is 0 Å². The van der Waals surface area contributed by atoms with Crippen LogP contribution in [0.4, 0.5) is 5.69 Å². The number of aliphatic imine (C=N–C) groups is 2. The van der Waals surface area contributed by atoms with E-state index in [0.29, 0.717) is 13.0 Å². The summed E-state index contributed by atoms with van der Waals surface area (Å²) >= 11 is 0. The normalized spacial score (nSPS) is 21.2. The average Bonchev–Trinajstić information content (AvgIpc) is 3.34. The van der Waals surface area contributed by atoms with E-state index in [1.54, 1.807) is 19.6 Å². The Kier molecular flexibility index (Phi) is 4.61. The predicted octanol–water partition coefficient (Wildman–Crippen LogP) is 2.99. The number of hydrogen-bond acceptors (Lipinski definition) is 7. The summed E-state index contributed by atoms with van der Waals surface area (Å²) in [6.07, 6.45) is 3.77. The lowest BCUT2D eigenvalue weighted by Crippen LogP contribution is -2.39. The second kappa shape index (κ2) is 7.42. The number of para-hydroxylation sites is 1. The topological polar surface area (TPSA) is 83.5 Å². The van der Waals surface area contributed by atoms with Crippen LogP contribution in [0.25, 0.3) is 11.0 Å². The lowest BCUT2D eigenvalue weighted by molar-refractivity contribution is 0.0444. The Morgan fingerprint density at radius 1 is 1.24 bits per heavy atom. The van der Waals surface area contributed by atoms with Crippen LogP contribution in [-0.4, -0.2) is 54.7 Å². The number of nitrogens with zero attached hydrogens (tertiary/aromatic N) is 4. The van der Waals surface area contributed by atoms with Crippen LogP contribution in [0.15, 0.2) is 63.1 Å². The third-order valence-electron chi connectivity index (χ3n) is 5.66. The van der Waals surface area contributed by atoms with Gasteiger partial charge < -0.3 is 19.2 Å². The van der Waals surface area contributed by atoms with E-state index < -0.39 is 0 Å². The lowest BCUT2D eigenvalue weighted by atomic mass is 9.95. The summed E-state index contributed by atoms with van der Waals surface area (Å²) in [5, 5.41) is 10.5. The van der Waals surface area contributed by atoms with Crippen LogP contribution in [-0.2, 0) is 4.74 Å². The maximum atomic E-state index is 9.47. The van der Waals surface area contributed by atoms with Crippen molar-refractivity contribution in [2.75, 3.05) is 25.2 Å². The molecule has 2 aromatic heterocycles. The second-order valence-electron chi connectivity index (χ2n) is 7.25. The van der Waals surface area contributed by atoms with Gasteiger partial charge in [-0.15, -0.1) is 0 Å². The smallest absolute Gasteiger partial charge is 0.150 e. The molecule has 0 amide bonds. The van der Waals surface area contributed by atoms with E-state index >= 15 is 0 Å². The minimum Gasteiger partial charge on any atom is -0.455 e. The Bertz CT molecular complexity index is 1050. The second-order valence-corrected chi connectivity index (χ2v) is 7.25. The number of methoxy groups -OCH3 is 1. The number of aliphatic hydroxyl groups is 1. The van der Waals surface area contributed by atoms with Gasteiger partial charge in [-0.1, -0.05) is 18.2 Å². The molecule has 1 aromatic carbocycles. The van der Waals surface area contributed by atoms with Crippen LogP contribution in [0.3, 0.4) is 0 Å². The maximum absolute atomic E-state index is 9.47. The summed E-state index contributed by atoms with van der Waals surface area (Å²) in [5.74, 6) is 0.641. The quantitative estimate of drug-likeness (QED) is 0.700. The zero-order chi connectivity index (χ0) is 19.8. The van der Waals surface area contributed by atoms with Crippen LogP contribution in [0.5, 0.6) is 0 Å². The molecule has 0 radical (unpaired) electrons. The standard InChI is InChI=1S/C22H22N4O3/c1-28-15(12-27)8-10-26-16-6-4-9-23-20(16)19-21(24-13-25-22(19)26)18-11-14-5-2-3-7-17(14)29-18/h2-7,9,11,13,15,19,22,27H,8,10,12H2,1H3. The van der Waals surface area contributed by atoms with Crippen LogP contribution < -0.4 is 4.90 Å². The van der Waals surface area contributed by atoms with E-state index in [9.17, 15) is 5.11 Å². The third kappa shape index (κ3) is 3.03. The molecule has 0 fully saturated rings. The zero-order valence-electron chi connectivity index (χ0n) is 16.1. The van der Waals surface area contributed by atoms with Gasteiger partial charge in [-0.25, -0.2) is 9.98 Å². The van der Waals surface area contributed by atoms with E-state index in [-0.39, 0.29) is 24.8 Å². The van der Waals surface area contributed by atoms with Gasteiger partial charge in [0.05, 0.1) is 35.7 Å². The summed E-state index contributed by atoms with van der Waals surface area (Å²) in [5.41, 5.74) is 3.67. The Morgan fingerprint density at radius 3 is 2.97 bits per heavy atom. The van der Waals surface area contributed by atoms with E-state index in [4.69, 9.17) is 9.15 Å². The molecule has 29 heavy (non-hydrogen) atoms. The maximum Gasteiger partial charge on any atom is 0.150 e. The van der Waals surface area contributed by atoms with Gasteiger partial charge >= 0.3 is 0 Å². The fourth-order valence-corrected chi connectivity index (χ4v) is 4.18. The summed E-state index contributed by atoms with van der Waals surface area (Å²) in [7, 11) is 1.62. The molecule has 3 atom stereocenters. The van der Waals surface area contributed by atoms with Crippen molar-refractivity contribution < 1.29 is 14.3 Å². The number of fused-ring (bicyclic) bond motifs is 4. The number of pyridine rings is 1. The Morgan fingerprint density at radius 2 is 2.14 bits per heavy atom. The first-order chi connectivity index (χ1) is 14.3. The summed E-state index contributed by atoms with van der Waals surface area (Å²) < 4.78 is 11.4. The van der Waals surface area contributed by atoms with Gasteiger partial charge in [-0.2, -0.15) is 0 Å². The van der Waals surface area contributed by atoms with Gasteiger partial charge in [-0.05, 0) is 30.7 Å². The molecule has 148 valence electrons. The molecule has 0 bridgehead atoms.